The Morgan fingerprint density at radius 3 is 2.81 bits per heavy atom. The number of aliphatic imine (C=N–C) groups is 1. The van der Waals surface area contributed by atoms with Gasteiger partial charge in [0.15, 0.2) is 0 Å². The average Bonchev–Trinajstić information content (AvgIpc) is 3.17. The van der Waals surface area contributed by atoms with E-state index >= 15 is 0 Å². The zero-order chi connectivity index (χ0) is 14.1. The first-order chi connectivity index (χ1) is 10.4. The summed E-state index contributed by atoms with van der Waals surface area (Å²) in [4.78, 5) is 7.47. The van der Waals surface area contributed by atoms with Gasteiger partial charge in [0.1, 0.15) is 5.76 Å². The van der Waals surface area contributed by atoms with Crippen LogP contribution < -0.4 is 0 Å². The molecule has 3 aromatic rings. The van der Waals surface area contributed by atoms with Gasteiger partial charge in [0.05, 0.1) is 17.7 Å². The third-order valence-corrected chi connectivity index (χ3v) is 5.87. The van der Waals surface area contributed by atoms with Crippen molar-refractivity contribution in [2.45, 2.75) is 16.6 Å². The monoisotopic (exact) mass is 311 g/mol. The number of thiophene rings is 1. The molecule has 4 heteroatoms. The van der Waals surface area contributed by atoms with Crippen molar-refractivity contribution in [3.63, 3.8) is 0 Å². The van der Waals surface area contributed by atoms with Crippen LogP contribution in [-0.4, -0.2) is 5.71 Å². The lowest BCUT2D eigenvalue weighted by Gasteiger charge is -2.12. The van der Waals surface area contributed by atoms with Gasteiger partial charge in [0, 0.05) is 21.4 Å². The van der Waals surface area contributed by atoms with Crippen molar-refractivity contribution in [2.24, 2.45) is 4.99 Å². The topological polar surface area (TPSA) is 25.5 Å². The van der Waals surface area contributed by atoms with Gasteiger partial charge >= 0.3 is 0 Å². The van der Waals surface area contributed by atoms with Gasteiger partial charge in [-0.25, -0.2) is 4.99 Å². The second-order valence-electron chi connectivity index (χ2n) is 4.83. The first-order valence-electron chi connectivity index (χ1n) is 6.81. The van der Waals surface area contributed by atoms with E-state index in [9.17, 15) is 0 Å². The molecule has 2 nitrogen and oxygen atoms in total. The zero-order valence-corrected chi connectivity index (χ0v) is 12.9. The quantitative estimate of drug-likeness (QED) is 0.606. The molecule has 0 fully saturated rings. The molecule has 1 aliphatic heterocycles. The smallest absolute Gasteiger partial charge is 0.148 e. The minimum absolute atomic E-state index is 0.387. The number of thioether (sulfide) groups is 1. The molecule has 1 atom stereocenters. The molecule has 0 saturated heterocycles. The number of hydrogen-bond donors (Lipinski definition) is 0. The molecule has 0 aliphatic carbocycles. The number of rotatable bonds is 2. The maximum Gasteiger partial charge on any atom is 0.148 e. The van der Waals surface area contributed by atoms with Crippen molar-refractivity contribution < 1.29 is 4.42 Å². The normalized spacial score (nSPS) is 17.9. The van der Waals surface area contributed by atoms with Crippen molar-refractivity contribution in [2.75, 3.05) is 0 Å². The Morgan fingerprint density at radius 2 is 2.00 bits per heavy atom. The fourth-order valence-corrected chi connectivity index (χ4v) is 4.59. The van der Waals surface area contributed by atoms with Crippen LogP contribution in [0.2, 0.25) is 0 Å². The molecule has 0 radical (unpaired) electrons. The van der Waals surface area contributed by atoms with Crippen LogP contribution in [0.15, 0.2) is 74.5 Å². The maximum absolute atomic E-state index is 5.57. The van der Waals surface area contributed by atoms with Crippen molar-refractivity contribution in [3.05, 3.63) is 70.8 Å². The minimum Gasteiger partial charge on any atom is -0.463 e. The van der Waals surface area contributed by atoms with Gasteiger partial charge in [-0.2, -0.15) is 0 Å². The van der Waals surface area contributed by atoms with Crippen LogP contribution in [0.4, 0.5) is 5.69 Å². The molecule has 3 heterocycles. The third-order valence-electron chi connectivity index (χ3n) is 3.43. The third kappa shape index (κ3) is 2.57. The molecule has 0 amide bonds. The molecule has 0 spiro atoms. The highest BCUT2D eigenvalue weighted by molar-refractivity contribution is 7.99. The largest absolute Gasteiger partial charge is 0.463 e. The van der Waals surface area contributed by atoms with Gasteiger partial charge in [0.2, 0.25) is 0 Å². The molecule has 0 N–H and O–H groups in total. The highest BCUT2D eigenvalue weighted by Crippen LogP contribution is 2.46. The summed E-state index contributed by atoms with van der Waals surface area (Å²) in [5.74, 6) is 0.869. The SMILES string of the molecule is c1coc(C2=Nc3ccccc3SC(c3cccs3)C2)c1. The van der Waals surface area contributed by atoms with Crippen molar-refractivity contribution in [1.82, 2.24) is 0 Å². The molecule has 0 bridgehead atoms. The van der Waals surface area contributed by atoms with E-state index in [2.05, 4.69) is 35.7 Å². The summed E-state index contributed by atoms with van der Waals surface area (Å²) in [6.07, 6.45) is 2.59. The van der Waals surface area contributed by atoms with Gasteiger partial charge in [-0.15, -0.1) is 23.1 Å². The summed E-state index contributed by atoms with van der Waals surface area (Å²) in [6.45, 7) is 0. The fourth-order valence-electron chi connectivity index (χ4n) is 2.44. The Labute approximate surface area is 131 Å². The number of fused-ring (bicyclic) bond motifs is 1. The van der Waals surface area contributed by atoms with Crippen LogP contribution >= 0.6 is 23.1 Å². The second-order valence-corrected chi connectivity index (χ2v) is 7.05. The Balaban J connectivity index is 1.81. The lowest BCUT2D eigenvalue weighted by atomic mass is 10.1. The molecular weight excluding hydrogens is 298 g/mol. The predicted octanol–water partition coefficient (Wildman–Crippen LogP) is 5.70. The van der Waals surface area contributed by atoms with Crippen LogP contribution in [0.3, 0.4) is 0 Å². The average molecular weight is 311 g/mol. The van der Waals surface area contributed by atoms with Crippen LogP contribution in [0, 0.1) is 0 Å². The van der Waals surface area contributed by atoms with E-state index in [0.29, 0.717) is 5.25 Å². The number of para-hydroxylation sites is 1. The van der Waals surface area contributed by atoms with Crippen LogP contribution in [0.25, 0.3) is 0 Å². The first-order valence-corrected chi connectivity index (χ1v) is 8.56. The standard InChI is InChI=1S/C17H13NOS2/c1-2-7-15-12(5-1)18-13(14-6-3-9-19-14)11-17(21-15)16-8-4-10-20-16/h1-10,17H,11H2. The molecule has 1 aromatic carbocycles. The number of benzene rings is 1. The van der Waals surface area contributed by atoms with E-state index in [0.717, 1.165) is 23.6 Å². The predicted molar refractivity (Wildman–Crippen MR) is 88.9 cm³/mol. The van der Waals surface area contributed by atoms with Crippen LogP contribution in [0.5, 0.6) is 0 Å². The van der Waals surface area contributed by atoms with E-state index in [1.54, 1.807) is 17.6 Å². The summed E-state index contributed by atoms with van der Waals surface area (Å²) in [5, 5.41) is 2.52. The van der Waals surface area contributed by atoms with Gasteiger partial charge in [-0.1, -0.05) is 18.2 Å². The van der Waals surface area contributed by atoms with Gasteiger partial charge in [-0.3, -0.25) is 0 Å². The highest BCUT2D eigenvalue weighted by atomic mass is 32.2. The van der Waals surface area contributed by atoms with Gasteiger partial charge < -0.3 is 4.42 Å². The van der Waals surface area contributed by atoms with Crippen molar-refractivity contribution in [3.8, 4) is 0 Å². The summed E-state index contributed by atoms with van der Waals surface area (Å²) in [5.41, 5.74) is 2.06. The summed E-state index contributed by atoms with van der Waals surface area (Å²) in [6, 6.07) is 16.6. The van der Waals surface area contributed by atoms with E-state index in [1.165, 1.54) is 9.77 Å². The highest BCUT2D eigenvalue weighted by Gasteiger charge is 2.23. The second kappa shape index (κ2) is 5.54. The van der Waals surface area contributed by atoms with E-state index in [1.807, 2.05) is 30.0 Å². The minimum atomic E-state index is 0.387. The molecule has 0 saturated carbocycles. The lowest BCUT2D eigenvalue weighted by Crippen LogP contribution is -2.03. The Bertz CT molecular complexity index is 760. The fraction of sp³-hybridized carbons (Fsp3) is 0.118. The number of hydrogen-bond acceptors (Lipinski definition) is 4. The zero-order valence-electron chi connectivity index (χ0n) is 11.2. The molecule has 2 aromatic heterocycles. The number of furan rings is 1. The van der Waals surface area contributed by atoms with Crippen molar-refractivity contribution >= 4 is 34.5 Å². The van der Waals surface area contributed by atoms with Crippen molar-refractivity contribution in [1.29, 1.82) is 0 Å². The molecule has 4 rings (SSSR count). The van der Waals surface area contributed by atoms with E-state index in [-0.39, 0.29) is 0 Å². The Kier molecular flexibility index (Phi) is 3.41. The molecule has 104 valence electrons. The summed E-state index contributed by atoms with van der Waals surface area (Å²) < 4.78 is 5.57. The first kappa shape index (κ1) is 12.9. The van der Waals surface area contributed by atoms with Crippen LogP contribution in [-0.2, 0) is 0 Å². The summed E-state index contributed by atoms with van der Waals surface area (Å²) >= 11 is 3.70. The van der Waals surface area contributed by atoms with E-state index < -0.39 is 0 Å². The van der Waals surface area contributed by atoms with Crippen LogP contribution in [0.1, 0.15) is 22.3 Å². The molecule has 1 aliphatic rings. The maximum atomic E-state index is 5.57. The van der Waals surface area contributed by atoms with E-state index in [4.69, 9.17) is 9.41 Å². The van der Waals surface area contributed by atoms with Gasteiger partial charge in [-0.05, 0) is 35.7 Å². The lowest BCUT2D eigenvalue weighted by molar-refractivity contribution is 0.555. The molecule has 1 unspecified atom stereocenters. The Hall–Kier alpha value is -1.78. The summed E-state index contributed by atoms with van der Waals surface area (Å²) in [7, 11) is 0. The Morgan fingerprint density at radius 1 is 1.05 bits per heavy atom. The van der Waals surface area contributed by atoms with Gasteiger partial charge in [0.25, 0.3) is 0 Å². The molecule has 21 heavy (non-hydrogen) atoms. The molecular formula is C17H13NOS2. The number of nitrogens with zero attached hydrogens (tertiary/aromatic N) is 1.